The lowest BCUT2D eigenvalue weighted by Gasteiger charge is -2.34. The van der Waals surface area contributed by atoms with Crippen molar-refractivity contribution < 1.29 is 13.2 Å². The van der Waals surface area contributed by atoms with Gasteiger partial charge in [0.25, 0.3) is 0 Å². The van der Waals surface area contributed by atoms with Crippen molar-refractivity contribution in [2.75, 3.05) is 22.4 Å². The first kappa shape index (κ1) is 18.5. The number of hydrogen-bond donors (Lipinski definition) is 1. The molecule has 5 nitrogen and oxygen atoms in total. The van der Waals surface area contributed by atoms with E-state index in [0.717, 1.165) is 35.1 Å². The third kappa shape index (κ3) is 3.90. The third-order valence-corrected chi connectivity index (χ3v) is 5.20. The van der Waals surface area contributed by atoms with Crippen LogP contribution in [0.15, 0.2) is 42.5 Å². The second kappa shape index (κ2) is 7.11. The monoisotopic (exact) mass is 372 g/mol. The van der Waals surface area contributed by atoms with Crippen molar-refractivity contribution in [3.63, 3.8) is 0 Å². The number of carbonyl (C=O) groups is 1. The van der Waals surface area contributed by atoms with E-state index in [4.69, 9.17) is 0 Å². The summed E-state index contributed by atoms with van der Waals surface area (Å²) in [5, 5.41) is 0. The van der Waals surface area contributed by atoms with Gasteiger partial charge in [0, 0.05) is 17.9 Å². The van der Waals surface area contributed by atoms with Crippen LogP contribution in [0.4, 0.5) is 11.4 Å². The molecule has 1 atom stereocenters. The summed E-state index contributed by atoms with van der Waals surface area (Å²) in [7, 11) is -3.34. The first-order chi connectivity index (χ1) is 12.3. The van der Waals surface area contributed by atoms with E-state index < -0.39 is 10.0 Å². The maximum absolute atomic E-state index is 13.1. The van der Waals surface area contributed by atoms with Crippen LogP contribution in [0.2, 0.25) is 0 Å². The van der Waals surface area contributed by atoms with Gasteiger partial charge in [0.2, 0.25) is 15.9 Å². The molecule has 1 N–H and O–H groups in total. The van der Waals surface area contributed by atoms with Crippen LogP contribution in [0.3, 0.4) is 0 Å². The second-order valence-corrected chi connectivity index (χ2v) is 8.62. The van der Waals surface area contributed by atoms with Gasteiger partial charge in [-0.05, 0) is 49.1 Å². The highest BCUT2D eigenvalue weighted by Crippen LogP contribution is 2.37. The van der Waals surface area contributed by atoms with Crippen LogP contribution in [0.5, 0.6) is 0 Å². The molecule has 2 aromatic carbocycles. The molecule has 1 aliphatic heterocycles. The highest BCUT2D eigenvalue weighted by Gasteiger charge is 2.33. The summed E-state index contributed by atoms with van der Waals surface area (Å²) in [6.45, 7) is 4.71. The average molecular weight is 372 g/mol. The largest absolute Gasteiger partial charge is 0.312 e. The first-order valence-electron chi connectivity index (χ1n) is 8.77. The molecule has 1 unspecified atom stereocenters. The molecule has 0 saturated carbocycles. The Balaban J connectivity index is 2.02. The highest BCUT2D eigenvalue weighted by molar-refractivity contribution is 7.92. The molecule has 2 aromatic rings. The van der Waals surface area contributed by atoms with Crippen LogP contribution in [0.25, 0.3) is 0 Å². The molecule has 138 valence electrons. The van der Waals surface area contributed by atoms with Gasteiger partial charge in [-0.15, -0.1) is 0 Å². The quantitative estimate of drug-likeness (QED) is 0.874. The maximum atomic E-state index is 13.1. The van der Waals surface area contributed by atoms with Crippen LogP contribution in [-0.4, -0.2) is 27.1 Å². The number of nitrogens with one attached hydrogen (secondary N) is 1. The molecule has 0 radical (unpaired) electrons. The summed E-state index contributed by atoms with van der Waals surface area (Å²) in [6, 6.07) is 13.4. The lowest BCUT2D eigenvalue weighted by molar-refractivity contribution is -0.120. The molecule has 6 heteroatoms. The van der Waals surface area contributed by atoms with E-state index in [-0.39, 0.29) is 11.8 Å². The minimum atomic E-state index is -3.34. The highest BCUT2D eigenvalue weighted by atomic mass is 32.2. The molecule has 1 amide bonds. The molecule has 26 heavy (non-hydrogen) atoms. The van der Waals surface area contributed by atoms with E-state index in [9.17, 15) is 13.2 Å². The van der Waals surface area contributed by atoms with Gasteiger partial charge in [0.1, 0.15) is 0 Å². The molecular formula is C20H24N2O3S. The average Bonchev–Trinajstić information content (AvgIpc) is 2.56. The number of rotatable bonds is 5. The van der Waals surface area contributed by atoms with Gasteiger partial charge in [-0.25, -0.2) is 8.42 Å². The molecule has 3 rings (SSSR count). The van der Waals surface area contributed by atoms with Crippen molar-refractivity contribution >= 4 is 27.3 Å². The number of carbonyl (C=O) groups excluding carboxylic acids is 1. The molecular weight excluding hydrogens is 348 g/mol. The molecule has 0 fully saturated rings. The van der Waals surface area contributed by atoms with E-state index in [2.05, 4.69) is 4.72 Å². The number of aryl methyl sites for hydroxylation is 1. The topological polar surface area (TPSA) is 66.5 Å². The molecule has 0 aliphatic carbocycles. The number of nitrogens with zero attached hydrogens (tertiary/aromatic N) is 1. The summed E-state index contributed by atoms with van der Waals surface area (Å²) in [5.41, 5.74) is 4.53. The van der Waals surface area contributed by atoms with Gasteiger partial charge in [-0.1, -0.05) is 36.8 Å². The summed E-state index contributed by atoms with van der Waals surface area (Å²) in [6.07, 6.45) is 2.56. The number of sulfonamides is 1. The molecule has 0 aromatic heterocycles. The van der Waals surface area contributed by atoms with Gasteiger partial charge < -0.3 is 4.90 Å². The Morgan fingerprint density at radius 2 is 1.85 bits per heavy atom. The lowest BCUT2D eigenvalue weighted by Crippen LogP contribution is -2.40. The van der Waals surface area contributed by atoms with Gasteiger partial charge >= 0.3 is 0 Å². The van der Waals surface area contributed by atoms with Crippen LogP contribution in [-0.2, 0) is 21.2 Å². The number of amides is 1. The van der Waals surface area contributed by atoms with Crippen molar-refractivity contribution in [2.24, 2.45) is 0 Å². The van der Waals surface area contributed by atoms with Crippen LogP contribution < -0.4 is 9.62 Å². The number of benzene rings is 2. The van der Waals surface area contributed by atoms with Crippen molar-refractivity contribution in [2.45, 2.75) is 32.6 Å². The van der Waals surface area contributed by atoms with Gasteiger partial charge in [-0.2, -0.15) is 0 Å². The zero-order valence-corrected chi connectivity index (χ0v) is 16.1. The van der Waals surface area contributed by atoms with Crippen molar-refractivity contribution in [1.82, 2.24) is 0 Å². The Morgan fingerprint density at radius 1 is 1.15 bits per heavy atom. The Morgan fingerprint density at radius 3 is 2.46 bits per heavy atom. The normalized spacial score (nSPS) is 17.1. The fourth-order valence-electron chi connectivity index (χ4n) is 3.42. The maximum Gasteiger partial charge on any atom is 0.234 e. The summed E-state index contributed by atoms with van der Waals surface area (Å²) < 4.78 is 25.6. The van der Waals surface area contributed by atoms with E-state index in [0.29, 0.717) is 18.7 Å². The Hall–Kier alpha value is -2.34. The molecule has 1 heterocycles. The third-order valence-electron chi connectivity index (χ3n) is 4.59. The number of fused-ring (bicyclic) bond motifs is 1. The lowest BCUT2D eigenvalue weighted by atomic mass is 9.86. The number of anilines is 2. The minimum Gasteiger partial charge on any atom is -0.312 e. The Kier molecular flexibility index (Phi) is 5.05. The van der Waals surface area contributed by atoms with Crippen molar-refractivity contribution in [3.8, 4) is 0 Å². The molecule has 1 aliphatic rings. The fourth-order valence-corrected chi connectivity index (χ4v) is 3.97. The van der Waals surface area contributed by atoms with Gasteiger partial charge in [-0.3, -0.25) is 9.52 Å². The predicted octanol–water partition coefficient (Wildman–Crippen LogP) is 3.45. The molecule has 0 bridgehead atoms. The van der Waals surface area contributed by atoms with Crippen LogP contribution in [0.1, 0.15) is 36.0 Å². The Bertz CT molecular complexity index is 921. The first-order valence-corrected chi connectivity index (χ1v) is 10.7. The minimum absolute atomic E-state index is 0.104. The van der Waals surface area contributed by atoms with Crippen molar-refractivity contribution in [3.05, 3.63) is 59.2 Å². The number of hydrogen-bond acceptors (Lipinski definition) is 3. The summed E-state index contributed by atoms with van der Waals surface area (Å²) >= 11 is 0. The van der Waals surface area contributed by atoms with Gasteiger partial charge in [0.15, 0.2) is 0 Å². The van der Waals surface area contributed by atoms with E-state index in [1.54, 1.807) is 6.07 Å². The standard InChI is InChI=1S/C20H24N2O3S/c1-4-11-22-19-10-9-17(21-26(3,24)25)12-16(19)13-18(20(22)23)15-7-5-14(2)6-8-15/h5-10,12,18,21H,4,11,13H2,1-3H3. The fraction of sp³-hybridized carbons (Fsp3) is 0.350. The SMILES string of the molecule is CCCN1C(=O)C(c2ccc(C)cc2)Cc2cc(NS(C)(=O)=O)ccc21. The van der Waals surface area contributed by atoms with Crippen LogP contribution in [0, 0.1) is 6.92 Å². The second-order valence-electron chi connectivity index (χ2n) is 6.87. The zero-order valence-electron chi connectivity index (χ0n) is 15.3. The van der Waals surface area contributed by atoms with E-state index in [1.807, 2.05) is 55.1 Å². The van der Waals surface area contributed by atoms with Crippen LogP contribution >= 0.6 is 0 Å². The molecule has 0 spiro atoms. The van der Waals surface area contributed by atoms with E-state index in [1.165, 1.54) is 0 Å². The summed E-state index contributed by atoms with van der Waals surface area (Å²) in [4.78, 5) is 14.9. The van der Waals surface area contributed by atoms with Crippen molar-refractivity contribution in [1.29, 1.82) is 0 Å². The predicted molar refractivity (Wildman–Crippen MR) is 105 cm³/mol. The molecule has 0 saturated heterocycles. The zero-order chi connectivity index (χ0) is 18.9. The summed E-state index contributed by atoms with van der Waals surface area (Å²) in [5.74, 6) is -0.143. The van der Waals surface area contributed by atoms with Gasteiger partial charge in [0.05, 0.1) is 12.2 Å². The smallest absolute Gasteiger partial charge is 0.234 e. The Labute approximate surface area is 155 Å². The van der Waals surface area contributed by atoms with E-state index >= 15 is 0 Å².